The first-order valence-corrected chi connectivity index (χ1v) is 20.6. The van der Waals surface area contributed by atoms with Crippen molar-refractivity contribution in [3.8, 4) is 0 Å². The molecule has 0 atom stereocenters. The summed E-state index contributed by atoms with van der Waals surface area (Å²) in [6, 6.07) is 9.45. The molecule has 0 spiro atoms. The number of halogens is 2. The van der Waals surface area contributed by atoms with Crippen LogP contribution < -0.4 is 24.8 Å². The molecule has 4 rings (SSSR count). The predicted molar refractivity (Wildman–Crippen MR) is 121 cm³/mol. The summed E-state index contributed by atoms with van der Waals surface area (Å²) in [5.41, 5.74) is 3.77. The molecule has 0 nitrogen and oxygen atoms in total. The van der Waals surface area contributed by atoms with Crippen LogP contribution in [0.5, 0.6) is 0 Å². The molecule has 0 aromatic carbocycles. The molecule has 29 heavy (non-hydrogen) atoms. The molecule has 0 bridgehead atoms. The van der Waals surface area contributed by atoms with Gasteiger partial charge in [0.05, 0.1) is 0 Å². The third-order valence-corrected chi connectivity index (χ3v) is 27.8. The molecule has 0 unspecified atom stereocenters. The Bertz CT molecular complexity index is 667. The van der Waals surface area contributed by atoms with Gasteiger partial charge in [-0.15, -0.1) is 0 Å². The number of hydrogen-bond donors (Lipinski definition) is 0. The number of allylic oxidation sites excluding steroid dienone is 8. The second-order valence-corrected chi connectivity index (χ2v) is 23.5. The zero-order valence-electron chi connectivity index (χ0n) is 18.9. The minimum atomic E-state index is -1.06. The van der Waals surface area contributed by atoms with E-state index in [1.165, 1.54) is 50.6 Å². The van der Waals surface area contributed by atoms with E-state index in [-0.39, 0.29) is 24.8 Å². The normalized spacial score (nSPS) is 24.0. The molecule has 0 amide bonds. The largest absolute Gasteiger partial charge is 1.00 e. The third kappa shape index (κ3) is 4.39. The van der Waals surface area contributed by atoms with E-state index in [0.717, 1.165) is 0 Å². The van der Waals surface area contributed by atoms with E-state index in [2.05, 4.69) is 46.5 Å². The Morgan fingerprint density at radius 2 is 1.07 bits per heavy atom. The van der Waals surface area contributed by atoms with Crippen LogP contribution in [-0.4, -0.2) is 16.1 Å². The van der Waals surface area contributed by atoms with Crippen LogP contribution in [0.3, 0.4) is 0 Å². The van der Waals surface area contributed by atoms with Crippen molar-refractivity contribution >= 4 is 16.1 Å². The Morgan fingerprint density at radius 3 is 1.31 bits per heavy atom. The summed E-state index contributed by atoms with van der Waals surface area (Å²) in [6.07, 6.45) is 13.9. The summed E-state index contributed by atoms with van der Waals surface area (Å²) in [5.74, 6) is 0. The maximum atomic E-state index is 2.76. The van der Waals surface area contributed by atoms with Crippen molar-refractivity contribution < 1.29 is 47.7 Å². The predicted octanol–water partition coefficient (Wildman–Crippen LogP) is 1.89. The van der Waals surface area contributed by atoms with E-state index in [1.54, 1.807) is 24.2 Å². The average molecular weight is 632 g/mol. The fourth-order valence-corrected chi connectivity index (χ4v) is 26.9. The van der Waals surface area contributed by atoms with E-state index in [9.17, 15) is 0 Å². The second-order valence-electron chi connectivity index (χ2n) is 9.41. The molecule has 160 valence electrons. The minimum Gasteiger partial charge on any atom is -1.00 e. The fraction of sp³-hybridized carbons (Fsp3) is 0.667. The molecule has 0 radical (unpaired) electrons. The van der Waals surface area contributed by atoms with E-state index < -0.39 is 39.1 Å². The SMILES string of the molecule is CCC1=[C]([Hf+2][C]2=C(CC)CC=C2[Si]2(CC)CCC2)C([Si]2(CC)CCC2)=CC1.[Cl-].[Cl-]. The summed E-state index contributed by atoms with van der Waals surface area (Å²) in [5, 5.41) is 4.04. The summed E-state index contributed by atoms with van der Waals surface area (Å²) >= 11 is -0.924. The summed E-state index contributed by atoms with van der Waals surface area (Å²) < 4.78 is 4.11. The van der Waals surface area contributed by atoms with Crippen molar-refractivity contribution in [3.63, 3.8) is 0 Å². The van der Waals surface area contributed by atoms with Crippen molar-refractivity contribution in [1.29, 1.82) is 0 Å². The van der Waals surface area contributed by atoms with Crippen LogP contribution in [-0.2, 0) is 22.9 Å². The first-order valence-electron chi connectivity index (χ1n) is 11.8. The summed E-state index contributed by atoms with van der Waals surface area (Å²) in [7, 11) is -2.12. The van der Waals surface area contributed by atoms with Crippen LogP contribution in [0, 0.1) is 0 Å². The van der Waals surface area contributed by atoms with Crippen LogP contribution in [0.15, 0.2) is 40.4 Å². The van der Waals surface area contributed by atoms with Crippen molar-refractivity contribution in [2.45, 2.75) is 102 Å². The average Bonchev–Trinajstić information content (AvgIpc) is 3.20. The molecule has 0 N–H and O–H groups in total. The Morgan fingerprint density at radius 1 is 0.690 bits per heavy atom. The number of rotatable bonds is 8. The summed E-state index contributed by atoms with van der Waals surface area (Å²) in [4.78, 5) is 0. The maximum Gasteiger partial charge on any atom is -1.00 e. The zero-order chi connectivity index (χ0) is 19.1. The maximum absolute atomic E-state index is 2.76. The van der Waals surface area contributed by atoms with Crippen molar-refractivity contribution in [2.24, 2.45) is 0 Å². The molecule has 2 aliphatic carbocycles. The van der Waals surface area contributed by atoms with E-state index in [1.807, 2.05) is 21.5 Å². The van der Waals surface area contributed by atoms with Gasteiger partial charge >= 0.3 is 182 Å². The molecule has 0 aromatic rings. The Balaban J connectivity index is 0.00000150. The minimum absolute atomic E-state index is 0. The zero-order valence-corrected chi connectivity index (χ0v) is 26.0. The third-order valence-electron chi connectivity index (χ3n) is 8.57. The Labute approximate surface area is 205 Å². The second kappa shape index (κ2) is 10.6. The molecule has 0 saturated carbocycles. The van der Waals surface area contributed by atoms with Gasteiger partial charge in [-0.05, 0) is 0 Å². The molecule has 2 heterocycles. The molecular weight excluding hydrogens is 594 g/mol. The Kier molecular flexibility index (Phi) is 9.58. The van der Waals surface area contributed by atoms with Crippen LogP contribution in [0.4, 0.5) is 0 Å². The van der Waals surface area contributed by atoms with Crippen molar-refractivity contribution in [2.75, 3.05) is 0 Å². The molecule has 2 aliphatic heterocycles. The van der Waals surface area contributed by atoms with Crippen molar-refractivity contribution in [3.05, 3.63) is 40.4 Å². The Hall–Kier alpha value is 0.844. The quantitative estimate of drug-likeness (QED) is 0.359. The van der Waals surface area contributed by atoms with Gasteiger partial charge in [-0.25, -0.2) is 0 Å². The number of hydrogen-bond acceptors (Lipinski definition) is 0. The van der Waals surface area contributed by atoms with Gasteiger partial charge in [0.15, 0.2) is 0 Å². The smallest absolute Gasteiger partial charge is 1.00 e. The van der Waals surface area contributed by atoms with Crippen LogP contribution in [0.1, 0.15) is 66.2 Å². The van der Waals surface area contributed by atoms with Crippen LogP contribution >= 0.6 is 0 Å². The van der Waals surface area contributed by atoms with Gasteiger partial charge < -0.3 is 24.8 Å². The van der Waals surface area contributed by atoms with Crippen LogP contribution in [0.25, 0.3) is 0 Å². The molecule has 0 aromatic heterocycles. The standard InChI is InChI=1S/2C12H19Si.2ClH.Hf/c2*1-3-11-6-7-12(10-11)13(4-2)8-5-9-13;;;/h2*7H,3-6,8-9H2,1-2H3;2*1H;/q;;;;+2/p-2. The van der Waals surface area contributed by atoms with Gasteiger partial charge in [0.25, 0.3) is 0 Å². The first kappa shape index (κ1) is 26.1. The molecule has 2 fully saturated rings. The topological polar surface area (TPSA) is 0 Å². The van der Waals surface area contributed by atoms with Gasteiger partial charge in [-0.3, -0.25) is 0 Å². The van der Waals surface area contributed by atoms with Crippen LogP contribution in [0.2, 0.25) is 36.3 Å². The molecular formula is C24H38Cl2HfSi2. The molecule has 4 aliphatic rings. The van der Waals surface area contributed by atoms with E-state index >= 15 is 0 Å². The molecule has 2 saturated heterocycles. The van der Waals surface area contributed by atoms with Crippen molar-refractivity contribution in [1.82, 2.24) is 0 Å². The monoisotopic (exact) mass is 632 g/mol. The van der Waals surface area contributed by atoms with Gasteiger partial charge in [-0.1, -0.05) is 0 Å². The van der Waals surface area contributed by atoms with E-state index in [0.29, 0.717) is 0 Å². The van der Waals surface area contributed by atoms with Gasteiger partial charge in [0.1, 0.15) is 0 Å². The fourth-order valence-electron chi connectivity index (χ4n) is 6.12. The summed E-state index contributed by atoms with van der Waals surface area (Å²) in [6.45, 7) is 9.91. The van der Waals surface area contributed by atoms with Gasteiger partial charge in [0.2, 0.25) is 0 Å². The van der Waals surface area contributed by atoms with Gasteiger partial charge in [-0.2, -0.15) is 0 Å². The first-order chi connectivity index (χ1) is 13.1. The molecule has 5 heteroatoms. The van der Waals surface area contributed by atoms with Gasteiger partial charge in [0, 0.05) is 0 Å². The van der Waals surface area contributed by atoms with E-state index in [4.69, 9.17) is 0 Å².